The van der Waals surface area contributed by atoms with E-state index in [1.165, 1.54) is 29.1 Å². The Hall–Kier alpha value is -2.96. The van der Waals surface area contributed by atoms with Crippen LogP contribution in [-0.4, -0.2) is 24.5 Å². The fourth-order valence-electron chi connectivity index (χ4n) is 3.75. The average molecular weight is 352 g/mol. The van der Waals surface area contributed by atoms with Crippen molar-refractivity contribution in [3.05, 3.63) is 62.1 Å². The first-order chi connectivity index (χ1) is 12.4. The highest BCUT2D eigenvalue weighted by Gasteiger charge is 2.23. The van der Waals surface area contributed by atoms with Gasteiger partial charge in [0, 0.05) is 19.7 Å². The third-order valence-corrected chi connectivity index (χ3v) is 5.35. The van der Waals surface area contributed by atoms with Gasteiger partial charge in [-0.15, -0.1) is 0 Å². The minimum Gasteiger partial charge on any atom is -0.314 e. The minimum absolute atomic E-state index is 0.0742. The normalized spacial score (nSPS) is 14.6. The molecule has 7 heteroatoms. The maximum Gasteiger partial charge on any atom is 0.332 e. The number of aryl methyl sites for hydroxylation is 3. The first kappa shape index (κ1) is 16.5. The molecular weight excluding hydrogens is 332 g/mol. The molecule has 1 aromatic carbocycles. The van der Waals surface area contributed by atoms with Crippen LogP contribution in [0.2, 0.25) is 0 Å². The molecule has 0 bridgehead atoms. The molecule has 0 saturated heterocycles. The van der Waals surface area contributed by atoms with Crippen molar-refractivity contribution < 1.29 is 4.79 Å². The van der Waals surface area contributed by atoms with E-state index in [2.05, 4.69) is 4.98 Å². The van der Waals surface area contributed by atoms with E-state index < -0.39 is 17.3 Å². The second-order valence-electron chi connectivity index (χ2n) is 6.91. The summed E-state index contributed by atoms with van der Waals surface area (Å²) >= 11 is 0. The van der Waals surface area contributed by atoms with Gasteiger partial charge in [0.15, 0.2) is 16.9 Å². The maximum absolute atomic E-state index is 13.0. The highest BCUT2D eigenvalue weighted by molar-refractivity contribution is 5.99. The number of ketones is 1. The number of carbonyl (C=O) groups is 1. The van der Waals surface area contributed by atoms with Gasteiger partial charge in [-0.2, -0.15) is 0 Å². The zero-order valence-electron chi connectivity index (χ0n) is 15.0. The molecule has 0 N–H and O–H groups in total. The number of fused-ring (bicyclic) bond motifs is 2. The van der Waals surface area contributed by atoms with Crippen molar-refractivity contribution in [2.75, 3.05) is 0 Å². The van der Waals surface area contributed by atoms with Crippen LogP contribution < -0.4 is 11.2 Å². The van der Waals surface area contributed by atoms with E-state index in [0.29, 0.717) is 5.56 Å². The predicted octanol–water partition coefficient (Wildman–Crippen LogP) is 1.37. The lowest BCUT2D eigenvalue weighted by Gasteiger charge is -2.14. The monoisotopic (exact) mass is 352 g/mol. The van der Waals surface area contributed by atoms with Crippen LogP contribution in [0.15, 0.2) is 34.1 Å². The summed E-state index contributed by atoms with van der Waals surface area (Å²) in [5, 5.41) is 0. The summed E-state index contributed by atoms with van der Waals surface area (Å²) in [6.07, 6.45) is 4.65. The molecule has 2 heterocycles. The van der Waals surface area contributed by atoms with E-state index in [1.54, 1.807) is 18.5 Å². The summed E-state index contributed by atoms with van der Waals surface area (Å²) in [5.74, 6) is -0.0742. The molecule has 0 amide bonds. The molecule has 0 radical (unpaired) electrons. The third kappa shape index (κ3) is 2.27. The number of nitrogens with zero attached hydrogens (tertiary/aromatic N) is 4. The predicted molar refractivity (Wildman–Crippen MR) is 97.7 cm³/mol. The van der Waals surface area contributed by atoms with Crippen LogP contribution in [0.5, 0.6) is 0 Å². The van der Waals surface area contributed by atoms with E-state index >= 15 is 0 Å². The van der Waals surface area contributed by atoms with Gasteiger partial charge in [-0.05, 0) is 43.4 Å². The van der Waals surface area contributed by atoms with Gasteiger partial charge in [-0.3, -0.25) is 18.7 Å². The van der Waals surface area contributed by atoms with Crippen LogP contribution in [0.3, 0.4) is 0 Å². The minimum atomic E-state index is -0.593. The van der Waals surface area contributed by atoms with Crippen molar-refractivity contribution >= 4 is 16.9 Å². The van der Waals surface area contributed by atoms with Crippen molar-refractivity contribution in [1.29, 1.82) is 0 Å². The van der Waals surface area contributed by atoms with Crippen LogP contribution in [0, 0.1) is 0 Å². The quantitative estimate of drug-likeness (QED) is 0.667. The lowest BCUT2D eigenvalue weighted by atomic mass is 10.0. The molecule has 1 aliphatic rings. The molecule has 0 spiro atoms. The summed E-state index contributed by atoms with van der Waals surface area (Å²) < 4.78 is 3.92. The smallest absolute Gasteiger partial charge is 0.314 e. The van der Waals surface area contributed by atoms with Crippen molar-refractivity contribution in [1.82, 2.24) is 18.7 Å². The first-order valence-electron chi connectivity index (χ1n) is 8.68. The molecule has 0 fully saturated rings. The number of benzene rings is 1. The fraction of sp³-hybridized carbons (Fsp3) is 0.368. The van der Waals surface area contributed by atoms with Crippen molar-refractivity contribution in [2.24, 2.45) is 14.1 Å². The zero-order valence-corrected chi connectivity index (χ0v) is 15.0. The Morgan fingerprint density at radius 1 is 1.12 bits per heavy atom. The second-order valence-corrected chi connectivity index (χ2v) is 6.91. The standard InChI is InChI=1S/C19H20N4O3/c1-11(16(24)14-8-7-12-5-4-6-13(12)9-14)23-10-20-17-15(23)18(25)22(3)19(26)21(17)2/h7-11H,4-6H2,1-3H3. The molecule has 4 rings (SSSR count). The number of rotatable bonds is 3. The Morgan fingerprint density at radius 3 is 2.62 bits per heavy atom. The van der Waals surface area contributed by atoms with E-state index in [4.69, 9.17) is 0 Å². The lowest BCUT2D eigenvalue weighted by Crippen LogP contribution is -2.38. The molecule has 26 heavy (non-hydrogen) atoms. The molecule has 1 aliphatic carbocycles. The third-order valence-electron chi connectivity index (χ3n) is 5.35. The lowest BCUT2D eigenvalue weighted by molar-refractivity contribution is 0.0936. The van der Waals surface area contributed by atoms with Gasteiger partial charge in [-0.1, -0.05) is 12.1 Å². The zero-order chi connectivity index (χ0) is 18.6. The Bertz CT molecular complexity index is 1170. The van der Waals surface area contributed by atoms with Crippen molar-refractivity contribution in [2.45, 2.75) is 32.2 Å². The van der Waals surface area contributed by atoms with Gasteiger partial charge in [0.2, 0.25) is 0 Å². The molecule has 0 aliphatic heterocycles. The van der Waals surface area contributed by atoms with Gasteiger partial charge in [0.1, 0.15) is 0 Å². The molecule has 7 nitrogen and oxygen atoms in total. The summed E-state index contributed by atoms with van der Waals surface area (Å²) in [4.78, 5) is 41.8. The van der Waals surface area contributed by atoms with Gasteiger partial charge < -0.3 is 4.57 Å². The molecule has 0 saturated carbocycles. The molecule has 1 unspecified atom stereocenters. The van der Waals surface area contributed by atoms with Crippen LogP contribution in [-0.2, 0) is 26.9 Å². The number of hydrogen-bond acceptors (Lipinski definition) is 4. The largest absolute Gasteiger partial charge is 0.332 e. The van der Waals surface area contributed by atoms with Gasteiger partial charge >= 0.3 is 5.69 Å². The number of aromatic nitrogens is 4. The molecule has 3 aromatic rings. The second kappa shape index (κ2) is 5.79. The van der Waals surface area contributed by atoms with Crippen LogP contribution in [0.25, 0.3) is 11.2 Å². The summed E-state index contributed by atoms with van der Waals surface area (Å²) in [5.41, 5.74) is 2.84. The fourth-order valence-corrected chi connectivity index (χ4v) is 3.75. The highest BCUT2D eigenvalue weighted by atomic mass is 16.2. The SMILES string of the molecule is CC(C(=O)c1ccc2c(c1)CCC2)n1cnc2c1c(=O)n(C)c(=O)n2C. The Balaban J connectivity index is 1.82. The molecular formula is C19H20N4O3. The van der Waals surface area contributed by atoms with Gasteiger partial charge in [0.05, 0.1) is 12.4 Å². The molecule has 1 atom stereocenters. The van der Waals surface area contributed by atoms with Crippen molar-refractivity contribution in [3.8, 4) is 0 Å². The summed E-state index contributed by atoms with van der Waals surface area (Å²) in [6.45, 7) is 1.75. The van der Waals surface area contributed by atoms with E-state index in [-0.39, 0.29) is 16.9 Å². The Morgan fingerprint density at radius 2 is 1.85 bits per heavy atom. The maximum atomic E-state index is 13.0. The Kier molecular flexibility index (Phi) is 3.68. The number of imidazole rings is 1. The van der Waals surface area contributed by atoms with Gasteiger partial charge in [0.25, 0.3) is 5.56 Å². The number of Topliss-reactive ketones (excluding diaryl/α,β-unsaturated/α-hetero) is 1. The summed E-state index contributed by atoms with van der Waals surface area (Å²) in [7, 11) is 2.99. The molecule has 134 valence electrons. The Labute approximate surface area is 149 Å². The van der Waals surface area contributed by atoms with Crippen LogP contribution >= 0.6 is 0 Å². The highest BCUT2D eigenvalue weighted by Crippen LogP contribution is 2.25. The number of hydrogen-bond donors (Lipinski definition) is 0. The van der Waals surface area contributed by atoms with Crippen LogP contribution in [0.4, 0.5) is 0 Å². The van der Waals surface area contributed by atoms with E-state index in [9.17, 15) is 14.4 Å². The van der Waals surface area contributed by atoms with Crippen LogP contribution in [0.1, 0.15) is 40.9 Å². The van der Waals surface area contributed by atoms with Crippen molar-refractivity contribution in [3.63, 3.8) is 0 Å². The molecule has 2 aromatic heterocycles. The first-order valence-corrected chi connectivity index (χ1v) is 8.68. The number of carbonyl (C=O) groups excluding carboxylic acids is 1. The average Bonchev–Trinajstić information content (AvgIpc) is 3.29. The summed E-state index contributed by atoms with van der Waals surface area (Å²) in [6, 6.07) is 5.26. The topological polar surface area (TPSA) is 78.9 Å². The van der Waals surface area contributed by atoms with Gasteiger partial charge in [-0.25, -0.2) is 9.78 Å². The van der Waals surface area contributed by atoms with E-state index in [1.807, 2.05) is 18.2 Å². The van der Waals surface area contributed by atoms with E-state index in [0.717, 1.165) is 23.8 Å².